The van der Waals surface area contributed by atoms with Crippen LogP contribution < -0.4 is 5.73 Å². The fraction of sp³-hybridized carbons (Fsp3) is 0.750. The van der Waals surface area contributed by atoms with Crippen molar-refractivity contribution in [2.45, 2.75) is 57.9 Å². The normalized spacial score (nSPS) is 23.9. The molecule has 1 aliphatic carbocycles. The van der Waals surface area contributed by atoms with Crippen molar-refractivity contribution in [3.63, 3.8) is 0 Å². The van der Waals surface area contributed by atoms with Gasteiger partial charge in [-0.2, -0.15) is 0 Å². The van der Waals surface area contributed by atoms with E-state index in [1.54, 1.807) is 0 Å². The summed E-state index contributed by atoms with van der Waals surface area (Å²) < 4.78 is 2.18. The summed E-state index contributed by atoms with van der Waals surface area (Å²) in [5.41, 5.74) is 6.36. The monoisotopic (exact) mass is 293 g/mol. The van der Waals surface area contributed by atoms with Gasteiger partial charge in [-0.05, 0) is 51.0 Å². The smallest absolute Gasteiger partial charge is 0.306 e. The fourth-order valence-electron chi connectivity index (χ4n) is 3.15. The fourth-order valence-corrected chi connectivity index (χ4v) is 3.15. The number of hydrogen-bond acceptors (Lipinski definition) is 3. The average molecular weight is 293 g/mol. The molecule has 0 bridgehead atoms. The molecule has 0 spiro atoms. The van der Waals surface area contributed by atoms with Gasteiger partial charge < -0.3 is 15.4 Å². The summed E-state index contributed by atoms with van der Waals surface area (Å²) in [7, 11) is 0. The summed E-state index contributed by atoms with van der Waals surface area (Å²) in [5.74, 6) is -0.287. The number of carbonyl (C=O) groups is 1. The highest BCUT2D eigenvalue weighted by Crippen LogP contribution is 2.31. The number of rotatable bonds is 7. The van der Waals surface area contributed by atoms with E-state index in [2.05, 4.69) is 16.5 Å². The number of aromatic nitrogens is 2. The van der Waals surface area contributed by atoms with Crippen molar-refractivity contribution in [3.8, 4) is 0 Å². The number of carboxylic acids is 1. The topological polar surface area (TPSA) is 81.1 Å². The first-order valence-corrected chi connectivity index (χ1v) is 8.05. The Morgan fingerprint density at radius 2 is 2.19 bits per heavy atom. The van der Waals surface area contributed by atoms with E-state index in [1.165, 1.54) is 25.7 Å². The van der Waals surface area contributed by atoms with Gasteiger partial charge in [-0.3, -0.25) is 4.79 Å². The number of hydrogen-bond donors (Lipinski definition) is 2. The Hall–Kier alpha value is -1.36. The van der Waals surface area contributed by atoms with E-state index in [4.69, 9.17) is 5.73 Å². The molecule has 1 aliphatic rings. The average Bonchev–Trinajstić information content (AvgIpc) is 2.92. The molecule has 1 heterocycles. The van der Waals surface area contributed by atoms with E-state index in [9.17, 15) is 9.90 Å². The van der Waals surface area contributed by atoms with Crippen molar-refractivity contribution >= 4 is 5.97 Å². The lowest BCUT2D eigenvalue weighted by Gasteiger charge is -2.26. The Balaban J connectivity index is 1.93. The number of nitrogens with zero attached hydrogens (tertiary/aromatic N) is 2. The molecule has 5 nitrogen and oxygen atoms in total. The number of nitrogens with two attached hydrogens (primary N) is 1. The molecule has 0 unspecified atom stereocenters. The highest BCUT2D eigenvalue weighted by atomic mass is 16.4. The first kappa shape index (κ1) is 16.0. The van der Waals surface area contributed by atoms with Crippen LogP contribution in [-0.2, 0) is 11.2 Å². The van der Waals surface area contributed by atoms with Gasteiger partial charge in [0, 0.05) is 18.7 Å². The molecular weight excluding hydrogens is 266 g/mol. The van der Waals surface area contributed by atoms with Crippen molar-refractivity contribution < 1.29 is 9.90 Å². The molecule has 2 rings (SSSR count). The molecule has 1 fully saturated rings. The second-order valence-electron chi connectivity index (χ2n) is 6.40. The molecule has 0 aromatic carbocycles. The lowest BCUT2D eigenvalue weighted by atomic mass is 9.87. The molecule has 118 valence electrons. The molecule has 1 atom stereocenters. The minimum absolute atomic E-state index is 0.372. The first-order valence-electron chi connectivity index (χ1n) is 8.05. The third-order valence-corrected chi connectivity index (χ3v) is 4.62. The maximum Gasteiger partial charge on any atom is 0.306 e. The molecular formula is C16H27N3O2. The van der Waals surface area contributed by atoms with Crippen molar-refractivity contribution in [1.29, 1.82) is 0 Å². The molecule has 1 saturated carbocycles. The van der Waals surface area contributed by atoms with Gasteiger partial charge in [0.25, 0.3) is 0 Å². The third kappa shape index (κ3) is 4.56. The maximum absolute atomic E-state index is 11.3. The summed E-state index contributed by atoms with van der Waals surface area (Å²) in [6.45, 7) is 2.85. The largest absolute Gasteiger partial charge is 0.481 e. The molecule has 0 amide bonds. The van der Waals surface area contributed by atoms with E-state index in [0.29, 0.717) is 25.4 Å². The highest BCUT2D eigenvalue weighted by molar-refractivity contribution is 5.70. The SMILES string of the molecule is CC1CCC(n2cnc(C[C@H](CCCN)C(=O)O)c2)CC1. The Bertz CT molecular complexity index is 450. The van der Waals surface area contributed by atoms with E-state index >= 15 is 0 Å². The van der Waals surface area contributed by atoms with E-state index in [1.807, 2.05) is 12.5 Å². The Morgan fingerprint density at radius 3 is 2.81 bits per heavy atom. The summed E-state index contributed by atoms with van der Waals surface area (Å²) in [6.07, 6.45) is 10.7. The number of aliphatic carboxylic acids is 1. The molecule has 1 aromatic rings. The molecule has 1 aromatic heterocycles. The molecule has 21 heavy (non-hydrogen) atoms. The minimum Gasteiger partial charge on any atom is -0.481 e. The summed E-state index contributed by atoms with van der Waals surface area (Å²) >= 11 is 0. The Kier molecular flexibility index (Phi) is 5.79. The van der Waals surface area contributed by atoms with Crippen LogP contribution >= 0.6 is 0 Å². The molecule has 0 saturated heterocycles. The second kappa shape index (κ2) is 7.59. The van der Waals surface area contributed by atoms with Crippen LogP contribution in [0.3, 0.4) is 0 Å². The summed E-state index contributed by atoms with van der Waals surface area (Å²) in [6, 6.07) is 0.537. The third-order valence-electron chi connectivity index (χ3n) is 4.62. The Morgan fingerprint density at radius 1 is 1.48 bits per heavy atom. The zero-order valence-corrected chi connectivity index (χ0v) is 12.9. The van der Waals surface area contributed by atoms with Crippen molar-refractivity contribution in [3.05, 3.63) is 18.2 Å². The van der Waals surface area contributed by atoms with Gasteiger partial charge in [-0.1, -0.05) is 6.92 Å². The molecule has 0 radical (unpaired) electrons. The predicted octanol–water partition coefficient (Wildman–Crippen LogP) is 2.62. The standard InChI is InChI=1S/C16H27N3O2/c1-12-4-6-15(7-5-12)19-10-14(18-11-19)9-13(16(20)21)3-2-8-17/h10-13,15H,2-9,17H2,1H3,(H,20,21)/t12?,13-,15?/m0/s1. The van der Waals surface area contributed by atoms with Crippen LogP contribution in [0, 0.1) is 11.8 Å². The van der Waals surface area contributed by atoms with Crippen molar-refractivity contribution in [2.24, 2.45) is 17.6 Å². The summed E-state index contributed by atoms with van der Waals surface area (Å²) in [5, 5.41) is 9.27. The lowest BCUT2D eigenvalue weighted by Crippen LogP contribution is -2.18. The summed E-state index contributed by atoms with van der Waals surface area (Å²) in [4.78, 5) is 15.7. The van der Waals surface area contributed by atoms with Gasteiger partial charge in [0.05, 0.1) is 17.9 Å². The van der Waals surface area contributed by atoms with Crippen LogP contribution in [0.4, 0.5) is 0 Å². The number of carboxylic acid groups (broad SMARTS) is 1. The quantitative estimate of drug-likeness (QED) is 0.809. The first-order chi connectivity index (χ1) is 10.1. The molecule has 5 heteroatoms. The maximum atomic E-state index is 11.3. The zero-order valence-electron chi connectivity index (χ0n) is 12.9. The lowest BCUT2D eigenvalue weighted by molar-refractivity contribution is -0.142. The van der Waals surface area contributed by atoms with Gasteiger partial charge in [-0.25, -0.2) is 4.98 Å². The highest BCUT2D eigenvalue weighted by Gasteiger charge is 2.22. The predicted molar refractivity (Wildman–Crippen MR) is 82.0 cm³/mol. The number of imidazole rings is 1. The van der Waals surface area contributed by atoms with Crippen LogP contribution in [0.15, 0.2) is 12.5 Å². The van der Waals surface area contributed by atoms with Gasteiger partial charge >= 0.3 is 5.97 Å². The van der Waals surface area contributed by atoms with Gasteiger partial charge in [0.2, 0.25) is 0 Å². The van der Waals surface area contributed by atoms with Crippen LogP contribution in [0.1, 0.15) is 57.2 Å². The minimum atomic E-state index is -0.746. The zero-order chi connectivity index (χ0) is 15.2. The Labute approximate surface area is 126 Å². The van der Waals surface area contributed by atoms with Crippen LogP contribution in [0.2, 0.25) is 0 Å². The van der Waals surface area contributed by atoms with Crippen LogP contribution in [-0.4, -0.2) is 27.2 Å². The van der Waals surface area contributed by atoms with Gasteiger partial charge in [-0.15, -0.1) is 0 Å². The van der Waals surface area contributed by atoms with Crippen LogP contribution in [0.5, 0.6) is 0 Å². The van der Waals surface area contributed by atoms with Gasteiger partial charge in [0.1, 0.15) is 0 Å². The van der Waals surface area contributed by atoms with Gasteiger partial charge in [0.15, 0.2) is 0 Å². The van der Waals surface area contributed by atoms with Crippen molar-refractivity contribution in [2.75, 3.05) is 6.54 Å². The van der Waals surface area contributed by atoms with E-state index in [-0.39, 0.29) is 5.92 Å². The molecule has 0 aliphatic heterocycles. The van der Waals surface area contributed by atoms with E-state index in [0.717, 1.165) is 18.0 Å². The van der Waals surface area contributed by atoms with E-state index < -0.39 is 5.97 Å². The van der Waals surface area contributed by atoms with Crippen molar-refractivity contribution in [1.82, 2.24) is 9.55 Å². The second-order valence-corrected chi connectivity index (χ2v) is 6.40. The molecule has 3 N–H and O–H groups in total. The van der Waals surface area contributed by atoms with Crippen LogP contribution in [0.25, 0.3) is 0 Å².